The van der Waals surface area contributed by atoms with E-state index < -0.39 is 53.3 Å². The monoisotopic (exact) mass is 600 g/mol. The number of alkyl halides is 3. The van der Waals surface area contributed by atoms with Crippen molar-refractivity contribution in [2.45, 2.75) is 64.3 Å². The Morgan fingerprint density at radius 1 is 1.00 bits per heavy atom. The number of nitrogens with zero attached hydrogens (tertiary/aromatic N) is 1. The number of anilines is 1. The van der Waals surface area contributed by atoms with Gasteiger partial charge in [0.05, 0.1) is 23.3 Å². The number of halogens is 4. The Labute approximate surface area is 246 Å². The van der Waals surface area contributed by atoms with E-state index in [1.54, 1.807) is 40.7 Å². The van der Waals surface area contributed by atoms with Crippen molar-refractivity contribution in [1.29, 1.82) is 0 Å². The molecular formula is C31H32F4N4O4. The minimum absolute atomic E-state index is 0.0817. The SMILES string of the molecule is CC(C)(C)OC(=O)NC(C)(C)c1cc(-c2ccc(F)cc2)nc(C(CNC(=O)c2ccc3c(c2)NC(=O)C3)C(F)(F)F)c1. The molecule has 8 nitrogen and oxygen atoms in total. The van der Waals surface area contributed by atoms with Crippen LogP contribution in [-0.2, 0) is 21.5 Å². The van der Waals surface area contributed by atoms with Crippen LogP contribution in [0, 0.1) is 5.82 Å². The molecule has 0 saturated heterocycles. The van der Waals surface area contributed by atoms with Gasteiger partial charge in [-0.25, -0.2) is 9.18 Å². The summed E-state index contributed by atoms with van der Waals surface area (Å²) < 4.78 is 62.5. The number of carbonyl (C=O) groups is 3. The van der Waals surface area contributed by atoms with Crippen LogP contribution in [0.2, 0.25) is 0 Å². The van der Waals surface area contributed by atoms with Crippen LogP contribution in [0.3, 0.4) is 0 Å². The Bertz CT molecular complexity index is 1550. The van der Waals surface area contributed by atoms with Gasteiger partial charge in [0.25, 0.3) is 5.91 Å². The maximum Gasteiger partial charge on any atom is 0.408 e. The molecule has 3 amide bonds. The Hall–Kier alpha value is -4.48. The molecule has 3 aromatic rings. The first-order valence-electron chi connectivity index (χ1n) is 13.5. The summed E-state index contributed by atoms with van der Waals surface area (Å²) in [6.45, 7) is 7.39. The zero-order valence-corrected chi connectivity index (χ0v) is 24.3. The average Bonchev–Trinajstić information content (AvgIpc) is 3.26. The summed E-state index contributed by atoms with van der Waals surface area (Å²) in [5.41, 5.74) is -0.504. The fourth-order valence-electron chi connectivity index (χ4n) is 4.53. The zero-order chi connectivity index (χ0) is 31.7. The van der Waals surface area contributed by atoms with Crippen molar-refractivity contribution in [3.8, 4) is 11.3 Å². The summed E-state index contributed by atoms with van der Waals surface area (Å²) in [6.07, 6.45) is -5.44. The summed E-state index contributed by atoms with van der Waals surface area (Å²) in [5.74, 6) is -3.77. The second-order valence-electron chi connectivity index (χ2n) is 11.8. The largest absolute Gasteiger partial charge is 0.444 e. The summed E-state index contributed by atoms with van der Waals surface area (Å²) >= 11 is 0. The lowest BCUT2D eigenvalue weighted by molar-refractivity contribution is -0.149. The number of fused-ring (bicyclic) bond motifs is 1. The molecule has 1 unspecified atom stereocenters. The van der Waals surface area contributed by atoms with Gasteiger partial charge in [-0.3, -0.25) is 14.6 Å². The van der Waals surface area contributed by atoms with Crippen LogP contribution in [0.25, 0.3) is 11.3 Å². The van der Waals surface area contributed by atoms with Gasteiger partial charge in [0.15, 0.2) is 0 Å². The molecule has 43 heavy (non-hydrogen) atoms. The average molecular weight is 601 g/mol. The van der Waals surface area contributed by atoms with Crippen molar-refractivity contribution in [2.75, 3.05) is 11.9 Å². The third-order valence-corrected chi connectivity index (χ3v) is 6.74. The standard InChI is InChI=1S/C31H32F4N4O4/c1-29(2,3)43-28(42)39-30(4,5)20-14-24(17-8-10-21(32)11-9-17)37-25(15-20)22(31(33,34)35)16-36-27(41)19-7-6-18-13-26(40)38-23(18)12-19/h6-12,14-15,22H,13,16H2,1-5H3,(H,36,41)(H,38,40)(H,39,42). The topological polar surface area (TPSA) is 109 Å². The number of amides is 3. The van der Waals surface area contributed by atoms with Gasteiger partial charge in [0.1, 0.15) is 17.3 Å². The molecule has 0 aliphatic carbocycles. The molecule has 4 rings (SSSR count). The minimum Gasteiger partial charge on any atom is -0.444 e. The molecule has 1 atom stereocenters. The number of ether oxygens (including phenoxy) is 1. The lowest BCUT2D eigenvalue weighted by Gasteiger charge is -2.30. The number of hydrogen-bond acceptors (Lipinski definition) is 5. The van der Waals surface area contributed by atoms with Gasteiger partial charge in [-0.05, 0) is 94.3 Å². The highest BCUT2D eigenvalue weighted by Crippen LogP contribution is 2.37. The van der Waals surface area contributed by atoms with Gasteiger partial charge in [-0.15, -0.1) is 0 Å². The van der Waals surface area contributed by atoms with Gasteiger partial charge in [-0.2, -0.15) is 13.2 Å². The molecule has 2 aromatic carbocycles. The van der Waals surface area contributed by atoms with Crippen LogP contribution < -0.4 is 16.0 Å². The smallest absolute Gasteiger partial charge is 0.408 e. The first kappa shape index (κ1) is 31.5. The lowest BCUT2D eigenvalue weighted by atomic mass is 9.90. The Morgan fingerprint density at radius 3 is 2.30 bits per heavy atom. The number of hydrogen-bond donors (Lipinski definition) is 3. The van der Waals surface area contributed by atoms with E-state index >= 15 is 0 Å². The van der Waals surface area contributed by atoms with E-state index in [1.807, 2.05) is 0 Å². The number of rotatable bonds is 7. The predicted molar refractivity (Wildman–Crippen MR) is 152 cm³/mol. The maximum absolute atomic E-state index is 14.5. The van der Waals surface area contributed by atoms with E-state index in [2.05, 4.69) is 20.9 Å². The van der Waals surface area contributed by atoms with Crippen LogP contribution in [0.4, 0.5) is 28.0 Å². The number of nitrogens with one attached hydrogen (secondary N) is 3. The number of aromatic nitrogens is 1. The third-order valence-electron chi connectivity index (χ3n) is 6.74. The number of benzene rings is 2. The fourth-order valence-corrected chi connectivity index (χ4v) is 4.53. The van der Waals surface area contributed by atoms with Crippen molar-refractivity contribution >= 4 is 23.6 Å². The normalized spacial score (nSPS) is 14.0. The molecule has 0 saturated carbocycles. The van der Waals surface area contributed by atoms with Crippen molar-refractivity contribution in [3.63, 3.8) is 0 Å². The molecule has 1 aliphatic rings. The van der Waals surface area contributed by atoms with Crippen LogP contribution in [0.15, 0.2) is 54.6 Å². The predicted octanol–water partition coefficient (Wildman–Crippen LogP) is 6.22. The number of carbonyl (C=O) groups excluding carboxylic acids is 3. The maximum atomic E-state index is 14.5. The van der Waals surface area contributed by atoms with E-state index in [0.29, 0.717) is 16.8 Å². The van der Waals surface area contributed by atoms with Crippen molar-refractivity contribution in [3.05, 3.63) is 82.8 Å². The Morgan fingerprint density at radius 2 is 1.67 bits per heavy atom. The first-order chi connectivity index (χ1) is 19.9. The molecule has 0 bridgehead atoms. The second-order valence-corrected chi connectivity index (χ2v) is 11.8. The van der Waals surface area contributed by atoms with Crippen molar-refractivity contribution < 1.29 is 36.7 Å². The van der Waals surface area contributed by atoms with E-state index in [4.69, 9.17) is 4.74 Å². The van der Waals surface area contributed by atoms with E-state index in [-0.39, 0.29) is 29.1 Å². The summed E-state index contributed by atoms with van der Waals surface area (Å²) in [7, 11) is 0. The summed E-state index contributed by atoms with van der Waals surface area (Å²) in [5, 5.41) is 7.63. The molecule has 0 fully saturated rings. The molecule has 1 aliphatic heterocycles. The van der Waals surface area contributed by atoms with Crippen molar-refractivity contribution in [2.24, 2.45) is 0 Å². The quantitative estimate of drug-likeness (QED) is 0.279. The van der Waals surface area contributed by atoms with E-state index in [0.717, 1.165) is 12.1 Å². The molecule has 2 heterocycles. The first-order valence-corrected chi connectivity index (χ1v) is 13.5. The molecule has 1 aromatic heterocycles. The number of alkyl carbamates (subject to hydrolysis) is 1. The summed E-state index contributed by atoms with van der Waals surface area (Å²) in [6, 6.07) is 12.2. The molecule has 0 radical (unpaired) electrons. The Balaban J connectivity index is 1.69. The van der Waals surface area contributed by atoms with Gasteiger partial charge >= 0.3 is 12.3 Å². The third kappa shape index (κ3) is 7.88. The fraction of sp³-hybridized carbons (Fsp3) is 0.355. The van der Waals surface area contributed by atoms with Crippen LogP contribution in [-0.4, -0.2) is 41.2 Å². The number of pyridine rings is 1. The molecule has 12 heteroatoms. The minimum atomic E-state index is -4.83. The highest BCUT2D eigenvalue weighted by atomic mass is 19.4. The van der Waals surface area contributed by atoms with Crippen LogP contribution in [0.1, 0.15) is 67.7 Å². The van der Waals surface area contributed by atoms with Gasteiger partial charge in [-0.1, -0.05) is 6.07 Å². The molecule has 228 valence electrons. The molecule has 0 spiro atoms. The molecular weight excluding hydrogens is 568 g/mol. The van der Waals surface area contributed by atoms with Gasteiger partial charge in [0.2, 0.25) is 5.91 Å². The lowest BCUT2D eigenvalue weighted by Crippen LogP contribution is -2.44. The van der Waals surface area contributed by atoms with Gasteiger partial charge in [0, 0.05) is 23.4 Å². The van der Waals surface area contributed by atoms with Crippen LogP contribution in [0.5, 0.6) is 0 Å². The van der Waals surface area contributed by atoms with Crippen molar-refractivity contribution in [1.82, 2.24) is 15.6 Å². The van der Waals surface area contributed by atoms with E-state index in [1.165, 1.54) is 36.4 Å². The van der Waals surface area contributed by atoms with E-state index in [9.17, 15) is 31.9 Å². The molecule has 3 N–H and O–H groups in total. The second kappa shape index (κ2) is 11.7. The van der Waals surface area contributed by atoms with Gasteiger partial charge < -0.3 is 20.7 Å². The highest BCUT2D eigenvalue weighted by molar-refractivity contribution is 6.02. The summed E-state index contributed by atoms with van der Waals surface area (Å²) in [4.78, 5) is 41.3. The van der Waals surface area contributed by atoms with Crippen LogP contribution >= 0.6 is 0 Å². The highest BCUT2D eigenvalue weighted by Gasteiger charge is 2.43. The zero-order valence-electron chi connectivity index (χ0n) is 24.3. The Kier molecular flexibility index (Phi) is 8.53.